The second-order valence-corrected chi connectivity index (χ2v) is 4.52. The molecule has 0 unspecified atom stereocenters. The summed E-state index contributed by atoms with van der Waals surface area (Å²) in [6.07, 6.45) is 1.33. The van der Waals surface area contributed by atoms with E-state index >= 15 is 0 Å². The zero-order valence-corrected chi connectivity index (χ0v) is 11.0. The molecule has 0 fully saturated rings. The Morgan fingerprint density at radius 1 is 1.30 bits per heavy atom. The van der Waals surface area contributed by atoms with Crippen molar-refractivity contribution < 1.29 is 4.79 Å². The first-order valence-electron chi connectivity index (χ1n) is 6.34. The van der Waals surface area contributed by atoms with Crippen LogP contribution in [0.2, 0.25) is 0 Å². The fourth-order valence-electron chi connectivity index (χ4n) is 2.00. The maximum absolute atomic E-state index is 11.9. The molecule has 0 spiro atoms. The molecule has 1 aromatic heterocycles. The van der Waals surface area contributed by atoms with Crippen LogP contribution in [0.1, 0.15) is 19.8 Å². The molecule has 106 valence electrons. The molecule has 2 aromatic rings. The van der Waals surface area contributed by atoms with Crippen LogP contribution in [0, 0.1) is 0 Å². The second kappa shape index (κ2) is 5.70. The zero-order chi connectivity index (χ0) is 14.7. The van der Waals surface area contributed by atoms with Crippen LogP contribution in [0.4, 0.5) is 5.69 Å². The number of nitrogens with two attached hydrogens (primary N) is 1. The fourth-order valence-corrected chi connectivity index (χ4v) is 2.00. The summed E-state index contributed by atoms with van der Waals surface area (Å²) in [6.45, 7) is 1.93. The molecule has 1 amide bonds. The number of benzene rings is 1. The molecule has 5 N–H and O–H groups in total. The second-order valence-electron chi connectivity index (χ2n) is 4.52. The van der Waals surface area contributed by atoms with E-state index in [0.717, 1.165) is 6.42 Å². The SMILES string of the molecule is CCC[C@@H](N)C(=O)Nc1cccc2c(=O)[nH][nH]c(=O)c12. The van der Waals surface area contributed by atoms with E-state index in [-0.39, 0.29) is 22.4 Å². The third-order valence-electron chi connectivity index (χ3n) is 3.02. The van der Waals surface area contributed by atoms with Gasteiger partial charge in [-0.05, 0) is 18.6 Å². The topological polar surface area (TPSA) is 121 Å². The van der Waals surface area contributed by atoms with Gasteiger partial charge in [-0.3, -0.25) is 24.6 Å². The van der Waals surface area contributed by atoms with Crippen molar-refractivity contribution >= 4 is 22.4 Å². The molecule has 0 saturated heterocycles. The Bertz CT molecular complexity index is 747. The third kappa shape index (κ3) is 2.62. The lowest BCUT2D eigenvalue weighted by Gasteiger charge is -2.12. The summed E-state index contributed by atoms with van der Waals surface area (Å²) in [6, 6.07) is 4.03. The first kappa shape index (κ1) is 14.0. The number of amides is 1. The van der Waals surface area contributed by atoms with Crippen molar-refractivity contribution in [2.45, 2.75) is 25.8 Å². The minimum absolute atomic E-state index is 0.147. The Balaban J connectivity index is 2.46. The summed E-state index contributed by atoms with van der Waals surface area (Å²) in [5.74, 6) is -0.376. The fraction of sp³-hybridized carbons (Fsp3) is 0.308. The minimum atomic E-state index is -0.642. The summed E-state index contributed by atoms with van der Waals surface area (Å²) in [4.78, 5) is 35.4. The van der Waals surface area contributed by atoms with Gasteiger partial charge in [-0.1, -0.05) is 19.4 Å². The van der Waals surface area contributed by atoms with Crippen molar-refractivity contribution in [2.24, 2.45) is 5.73 Å². The normalized spacial score (nSPS) is 12.3. The van der Waals surface area contributed by atoms with E-state index in [0.29, 0.717) is 6.42 Å². The van der Waals surface area contributed by atoms with E-state index in [1.54, 1.807) is 12.1 Å². The molecule has 0 aliphatic heterocycles. The highest BCUT2D eigenvalue weighted by Gasteiger charge is 2.15. The largest absolute Gasteiger partial charge is 0.324 e. The van der Waals surface area contributed by atoms with Gasteiger partial charge in [0.05, 0.1) is 22.5 Å². The van der Waals surface area contributed by atoms with E-state index in [4.69, 9.17) is 5.73 Å². The van der Waals surface area contributed by atoms with Gasteiger partial charge >= 0.3 is 0 Å². The number of rotatable bonds is 4. The maximum atomic E-state index is 11.9. The number of aromatic nitrogens is 2. The van der Waals surface area contributed by atoms with Crippen LogP contribution >= 0.6 is 0 Å². The summed E-state index contributed by atoms with van der Waals surface area (Å²) in [7, 11) is 0. The number of carbonyl (C=O) groups is 1. The predicted octanol–water partition coefficient (Wildman–Crippen LogP) is 0.282. The molecule has 0 aliphatic carbocycles. The Labute approximate surface area is 114 Å². The molecular formula is C13H16N4O3. The van der Waals surface area contributed by atoms with Gasteiger partial charge in [-0.25, -0.2) is 0 Å². The van der Waals surface area contributed by atoms with Gasteiger partial charge in [-0.15, -0.1) is 0 Å². The third-order valence-corrected chi connectivity index (χ3v) is 3.02. The lowest BCUT2D eigenvalue weighted by Crippen LogP contribution is -2.35. The van der Waals surface area contributed by atoms with E-state index < -0.39 is 17.2 Å². The zero-order valence-electron chi connectivity index (χ0n) is 11.0. The first-order chi connectivity index (χ1) is 9.54. The van der Waals surface area contributed by atoms with Crippen LogP contribution in [0.25, 0.3) is 10.8 Å². The molecule has 1 atom stereocenters. The number of nitrogens with one attached hydrogen (secondary N) is 3. The smallest absolute Gasteiger partial charge is 0.272 e. The minimum Gasteiger partial charge on any atom is -0.324 e. The summed E-state index contributed by atoms with van der Waals surface area (Å²) < 4.78 is 0. The van der Waals surface area contributed by atoms with Crippen LogP contribution < -0.4 is 22.2 Å². The molecule has 2 rings (SSSR count). The Hall–Kier alpha value is -2.41. The van der Waals surface area contributed by atoms with Crippen molar-refractivity contribution in [1.29, 1.82) is 0 Å². The van der Waals surface area contributed by atoms with Crippen molar-refractivity contribution in [2.75, 3.05) is 5.32 Å². The molecule has 1 aromatic carbocycles. The number of hydrogen-bond donors (Lipinski definition) is 4. The van der Waals surface area contributed by atoms with Gasteiger partial charge in [0.25, 0.3) is 11.1 Å². The van der Waals surface area contributed by atoms with E-state index in [9.17, 15) is 14.4 Å². The maximum Gasteiger partial charge on any atom is 0.272 e. The molecule has 0 bridgehead atoms. The first-order valence-corrected chi connectivity index (χ1v) is 6.34. The highest BCUT2D eigenvalue weighted by Crippen LogP contribution is 2.17. The van der Waals surface area contributed by atoms with Crippen molar-refractivity contribution in [3.05, 3.63) is 38.9 Å². The van der Waals surface area contributed by atoms with Crippen LogP contribution in [0.15, 0.2) is 27.8 Å². The lowest BCUT2D eigenvalue weighted by atomic mass is 10.1. The van der Waals surface area contributed by atoms with Gasteiger partial charge < -0.3 is 11.1 Å². The van der Waals surface area contributed by atoms with Gasteiger partial charge in [0.1, 0.15) is 0 Å². The highest BCUT2D eigenvalue weighted by atomic mass is 16.2. The Kier molecular flexibility index (Phi) is 3.99. The molecule has 0 saturated carbocycles. The number of aromatic amines is 2. The van der Waals surface area contributed by atoms with E-state index in [2.05, 4.69) is 15.5 Å². The average molecular weight is 276 g/mol. The number of fused-ring (bicyclic) bond motifs is 1. The molecule has 0 radical (unpaired) electrons. The van der Waals surface area contributed by atoms with Crippen molar-refractivity contribution in [3.8, 4) is 0 Å². The quantitative estimate of drug-likeness (QED) is 0.641. The van der Waals surface area contributed by atoms with Crippen LogP contribution in [0.5, 0.6) is 0 Å². The number of hydrogen-bond acceptors (Lipinski definition) is 4. The van der Waals surface area contributed by atoms with Gasteiger partial charge in [0.2, 0.25) is 5.91 Å². The van der Waals surface area contributed by atoms with Crippen LogP contribution in [-0.4, -0.2) is 22.1 Å². The predicted molar refractivity (Wildman–Crippen MR) is 76.7 cm³/mol. The highest BCUT2D eigenvalue weighted by molar-refractivity contribution is 6.03. The van der Waals surface area contributed by atoms with E-state index in [1.165, 1.54) is 6.07 Å². The summed E-state index contributed by atoms with van der Waals surface area (Å²) in [5, 5.41) is 7.44. The average Bonchev–Trinajstić information content (AvgIpc) is 2.43. The molecule has 7 nitrogen and oxygen atoms in total. The Morgan fingerprint density at radius 3 is 2.70 bits per heavy atom. The van der Waals surface area contributed by atoms with E-state index in [1.807, 2.05) is 6.92 Å². The number of H-pyrrole nitrogens is 2. The van der Waals surface area contributed by atoms with Crippen molar-refractivity contribution in [3.63, 3.8) is 0 Å². The molecular weight excluding hydrogens is 260 g/mol. The molecule has 0 aliphatic rings. The van der Waals surface area contributed by atoms with Gasteiger partial charge in [-0.2, -0.15) is 0 Å². The molecule has 1 heterocycles. The van der Waals surface area contributed by atoms with Crippen molar-refractivity contribution in [1.82, 2.24) is 10.2 Å². The summed E-state index contributed by atoms with van der Waals surface area (Å²) >= 11 is 0. The van der Waals surface area contributed by atoms with Gasteiger partial charge in [0.15, 0.2) is 0 Å². The molecule has 7 heteroatoms. The number of anilines is 1. The monoisotopic (exact) mass is 276 g/mol. The summed E-state index contributed by atoms with van der Waals surface area (Å²) in [5.41, 5.74) is 5.11. The van der Waals surface area contributed by atoms with Gasteiger partial charge in [0, 0.05) is 0 Å². The van der Waals surface area contributed by atoms with Crippen LogP contribution in [-0.2, 0) is 4.79 Å². The van der Waals surface area contributed by atoms with Crippen LogP contribution in [0.3, 0.4) is 0 Å². The Morgan fingerprint density at radius 2 is 2.00 bits per heavy atom. The standard InChI is InChI=1S/C13H16N4O3/c1-2-4-8(14)12(19)15-9-6-3-5-7-10(9)13(20)17-16-11(7)18/h3,5-6,8H,2,4,14H2,1H3,(H,15,19)(H,16,18)(H,17,20)/t8-/m1/s1. The number of carbonyl (C=O) groups excluding carboxylic acids is 1. The lowest BCUT2D eigenvalue weighted by molar-refractivity contribution is -0.117. The molecule has 20 heavy (non-hydrogen) atoms.